The van der Waals surface area contributed by atoms with Crippen molar-refractivity contribution in [1.29, 1.82) is 0 Å². The Bertz CT molecular complexity index is 550. The molecule has 6 heteroatoms. The smallest absolute Gasteiger partial charge is 0.267 e. The van der Waals surface area contributed by atoms with Crippen LogP contribution in [0.2, 0.25) is 0 Å². The Kier molecular flexibility index (Phi) is 2.94. The van der Waals surface area contributed by atoms with Gasteiger partial charge in [-0.3, -0.25) is 4.79 Å². The fourth-order valence-corrected chi connectivity index (χ4v) is 5.71. The Morgan fingerprint density at radius 2 is 2.17 bits per heavy atom. The molecule has 2 saturated carbocycles. The topological polar surface area (TPSA) is 63.2 Å². The molecular weight excluding hydrogens is 270 g/mol. The molecule has 1 unspecified atom stereocenters. The number of carbonyl (C=O) groups is 1. The van der Waals surface area contributed by atoms with E-state index in [2.05, 4.69) is 4.72 Å². The van der Waals surface area contributed by atoms with E-state index in [9.17, 15) is 13.2 Å². The van der Waals surface area contributed by atoms with Crippen LogP contribution in [-0.2, 0) is 10.0 Å². The Hall–Kier alpha value is -0.880. The first kappa shape index (κ1) is 12.2. The fourth-order valence-electron chi connectivity index (χ4n) is 3.23. The zero-order valence-corrected chi connectivity index (χ0v) is 11.5. The number of thiophene rings is 1. The van der Waals surface area contributed by atoms with Gasteiger partial charge in [0, 0.05) is 0 Å². The first-order valence-electron chi connectivity index (χ1n) is 6.16. The van der Waals surface area contributed by atoms with Crippen LogP contribution < -0.4 is 4.72 Å². The SMILES string of the molecule is O=C(NS(=O)(=O)C1C[C@@H]2CC[C@H]1C2)c1cccs1. The Balaban J connectivity index is 1.74. The van der Waals surface area contributed by atoms with E-state index < -0.39 is 15.9 Å². The van der Waals surface area contributed by atoms with Gasteiger partial charge in [-0.25, -0.2) is 13.1 Å². The van der Waals surface area contributed by atoms with Crippen LogP contribution in [0.3, 0.4) is 0 Å². The van der Waals surface area contributed by atoms with Crippen molar-refractivity contribution >= 4 is 27.3 Å². The van der Waals surface area contributed by atoms with Crippen molar-refractivity contribution in [2.75, 3.05) is 0 Å². The van der Waals surface area contributed by atoms with E-state index in [1.165, 1.54) is 11.3 Å². The molecule has 0 aromatic carbocycles. The maximum absolute atomic E-state index is 12.2. The number of hydrogen-bond acceptors (Lipinski definition) is 4. The summed E-state index contributed by atoms with van der Waals surface area (Å²) in [5.74, 6) is 0.310. The van der Waals surface area contributed by atoms with E-state index in [1.54, 1.807) is 17.5 Å². The summed E-state index contributed by atoms with van der Waals surface area (Å²) in [5, 5.41) is 1.40. The van der Waals surface area contributed by atoms with Gasteiger partial charge in [0.15, 0.2) is 0 Å². The van der Waals surface area contributed by atoms with Crippen LogP contribution in [0.1, 0.15) is 35.4 Å². The summed E-state index contributed by atoms with van der Waals surface area (Å²) in [7, 11) is -3.51. The molecule has 1 N–H and O–H groups in total. The highest BCUT2D eigenvalue weighted by molar-refractivity contribution is 7.90. The van der Waals surface area contributed by atoms with Crippen LogP contribution >= 0.6 is 11.3 Å². The summed E-state index contributed by atoms with van der Waals surface area (Å²) >= 11 is 1.25. The number of fused-ring (bicyclic) bond motifs is 2. The molecule has 1 aromatic heterocycles. The predicted octanol–water partition coefficient (Wildman–Crippen LogP) is 2.00. The van der Waals surface area contributed by atoms with Gasteiger partial charge in [-0.1, -0.05) is 12.5 Å². The van der Waals surface area contributed by atoms with E-state index in [-0.39, 0.29) is 11.2 Å². The molecule has 0 aliphatic heterocycles. The molecule has 4 nitrogen and oxygen atoms in total. The lowest BCUT2D eigenvalue weighted by Gasteiger charge is -2.21. The van der Waals surface area contributed by atoms with Gasteiger partial charge < -0.3 is 0 Å². The first-order valence-corrected chi connectivity index (χ1v) is 8.58. The van der Waals surface area contributed by atoms with Gasteiger partial charge in [0.1, 0.15) is 0 Å². The summed E-state index contributed by atoms with van der Waals surface area (Å²) in [4.78, 5) is 12.3. The number of nitrogens with one attached hydrogen (secondary N) is 1. The maximum Gasteiger partial charge on any atom is 0.274 e. The van der Waals surface area contributed by atoms with Crippen LogP contribution in [0.5, 0.6) is 0 Å². The van der Waals surface area contributed by atoms with Gasteiger partial charge in [0.2, 0.25) is 10.0 Å². The molecular formula is C12H15NO3S2. The van der Waals surface area contributed by atoms with Crippen LogP contribution in [0.15, 0.2) is 17.5 Å². The molecule has 0 saturated heterocycles. The number of carbonyl (C=O) groups excluding carboxylic acids is 1. The van der Waals surface area contributed by atoms with Gasteiger partial charge in [0.05, 0.1) is 10.1 Å². The zero-order chi connectivity index (χ0) is 12.8. The lowest BCUT2D eigenvalue weighted by atomic mass is 10.0. The average molecular weight is 285 g/mol. The molecule has 2 aliphatic rings. The van der Waals surface area contributed by atoms with E-state index in [0.717, 1.165) is 25.7 Å². The number of rotatable bonds is 3. The molecule has 0 radical (unpaired) electrons. The van der Waals surface area contributed by atoms with Crippen LogP contribution in [0.4, 0.5) is 0 Å². The second-order valence-electron chi connectivity index (χ2n) is 5.17. The number of sulfonamides is 1. The van der Waals surface area contributed by atoms with E-state index in [4.69, 9.17) is 0 Å². The minimum atomic E-state index is -3.51. The molecule has 2 aliphatic carbocycles. The molecule has 18 heavy (non-hydrogen) atoms. The van der Waals surface area contributed by atoms with Crippen molar-refractivity contribution in [1.82, 2.24) is 4.72 Å². The molecule has 2 bridgehead atoms. The Morgan fingerprint density at radius 3 is 2.72 bits per heavy atom. The van der Waals surface area contributed by atoms with Gasteiger partial charge in [-0.15, -0.1) is 11.3 Å². The van der Waals surface area contributed by atoms with Gasteiger partial charge in [0.25, 0.3) is 5.91 Å². The van der Waals surface area contributed by atoms with Crippen molar-refractivity contribution < 1.29 is 13.2 Å². The minimum absolute atomic E-state index is 0.253. The highest BCUT2D eigenvalue weighted by atomic mass is 32.2. The van der Waals surface area contributed by atoms with E-state index >= 15 is 0 Å². The maximum atomic E-state index is 12.2. The first-order chi connectivity index (χ1) is 8.56. The average Bonchev–Trinajstić information content (AvgIpc) is 3.05. The van der Waals surface area contributed by atoms with E-state index in [0.29, 0.717) is 10.8 Å². The third-order valence-corrected chi connectivity index (χ3v) is 6.76. The standard InChI is InChI=1S/C12H15NO3S2/c14-12(10-2-1-5-17-10)13-18(15,16)11-7-8-3-4-9(11)6-8/h1-2,5,8-9,11H,3-4,6-7H2,(H,13,14)/t8-,9+,11?/m1/s1. The molecule has 1 aromatic rings. The molecule has 98 valence electrons. The summed E-state index contributed by atoms with van der Waals surface area (Å²) in [5.41, 5.74) is 0. The second kappa shape index (κ2) is 4.35. The van der Waals surface area contributed by atoms with Crippen LogP contribution in [0, 0.1) is 11.8 Å². The highest BCUT2D eigenvalue weighted by Crippen LogP contribution is 2.47. The summed E-state index contributed by atoms with van der Waals surface area (Å²) in [6.07, 6.45) is 3.87. The lowest BCUT2D eigenvalue weighted by Crippen LogP contribution is -2.40. The predicted molar refractivity (Wildman–Crippen MR) is 69.9 cm³/mol. The molecule has 3 atom stereocenters. The largest absolute Gasteiger partial charge is 0.274 e. The molecule has 0 spiro atoms. The normalized spacial score (nSPS) is 30.6. The van der Waals surface area contributed by atoms with Crippen molar-refractivity contribution in [2.45, 2.75) is 30.9 Å². The minimum Gasteiger partial charge on any atom is -0.267 e. The summed E-state index contributed by atoms with van der Waals surface area (Å²) < 4.78 is 26.6. The Labute approximate surface area is 110 Å². The van der Waals surface area contributed by atoms with Crippen LogP contribution in [-0.4, -0.2) is 19.6 Å². The van der Waals surface area contributed by atoms with E-state index in [1.807, 2.05) is 0 Å². The fraction of sp³-hybridized carbons (Fsp3) is 0.583. The summed E-state index contributed by atoms with van der Waals surface area (Å²) in [6, 6.07) is 3.38. The number of amides is 1. The van der Waals surface area contributed by atoms with Gasteiger partial charge >= 0.3 is 0 Å². The molecule has 1 amide bonds. The summed E-state index contributed by atoms with van der Waals surface area (Å²) in [6.45, 7) is 0. The molecule has 1 heterocycles. The molecule has 3 rings (SSSR count). The van der Waals surface area contributed by atoms with Gasteiger partial charge in [-0.2, -0.15) is 0 Å². The molecule has 2 fully saturated rings. The third-order valence-electron chi connectivity index (χ3n) is 4.05. The lowest BCUT2D eigenvalue weighted by molar-refractivity contribution is 0.0984. The van der Waals surface area contributed by atoms with Gasteiger partial charge in [-0.05, 0) is 42.5 Å². The number of hydrogen-bond donors (Lipinski definition) is 1. The monoisotopic (exact) mass is 285 g/mol. The van der Waals surface area contributed by atoms with Crippen molar-refractivity contribution in [2.24, 2.45) is 11.8 Å². The van der Waals surface area contributed by atoms with Crippen molar-refractivity contribution in [3.63, 3.8) is 0 Å². The quantitative estimate of drug-likeness (QED) is 0.924. The van der Waals surface area contributed by atoms with Crippen molar-refractivity contribution in [3.05, 3.63) is 22.4 Å². The van der Waals surface area contributed by atoms with Crippen LogP contribution in [0.25, 0.3) is 0 Å². The second-order valence-corrected chi connectivity index (χ2v) is 8.01. The Morgan fingerprint density at radius 1 is 1.33 bits per heavy atom. The highest BCUT2D eigenvalue weighted by Gasteiger charge is 2.46. The van der Waals surface area contributed by atoms with Crippen molar-refractivity contribution in [3.8, 4) is 0 Å². The zero-order valence-electron chi connectivity index (χ0n) is 9.83. The third kappa shape index (κ3) is 2.07.